The van der Waals surface area contributed by atoms with Crippen molar-refractivity contribution in [3.63, 3.8) is 0 Å². The van der Waals surface area contributed by atoms with Gasteiger partial charge in [0, 0.05) is 31.9 Å². The molecule has 0 unspecified atom stereocenters. The van der Waals surface area contributed by atoms with E-state index in [4.69, 9.17) is 4.74 Å². The Morgan fingerprint density at radius 3 is 2.47 bits per heavy atom. The number of nitrogens with one attached hydrogen (secondary N) is 1. The molecule has 10 heteroatoms. The van der Waals surface area contributed by atoms with E-state index in [1.54, 1.807) is 35.2 Å². The Balaban J connectivity index is 1.69. The van der Waals surface area contributed by atoms with Gasteiger partial charge in [0.25, 0.3) is 0 Å². The van der Waals surface area contributed by atoms with E-state index in [-0.39, 0.29) is 24.4 Å². The van der Waals surface area contributed by atoms with Crippen LogP contribution < -0.4 is 14.5 Å². The van der Waals surface area contributed by atoms with E-state index in [1.807, 2.05) is 19.1 Å². The minimum absolute atomic E-state index is 0.0159. The van der Waals surface area contributed by atoms with Crippen molar-refractivity contribution in [3.8, 4) is 11.1 Å². The number of carbonyl (C=O) groups is 2. The molecule has 2 aromatic rings. The second kappa shape index (κ2) is 9.63. The molecule has 0 saturated carbocycles. The van der Waals surface area contributed by atoms with Gasteiger partial charge in [0.05, 0.1) is 23.7 Å². The molecule has 0 aliphatic carbocycles. The molecular weight excluding hydrogens is 458 g/mol. The number of hydrogen-bond acceptors (Lipinski definition) is 5. The van der Waals surface area contributed by atoms with Crippen molar-refractivity contribution in [2.24, 2.45) is 5.92 Å². The summed E-state index contributed by atoms with van der Waals surface area (Å²) in [7, 11) is -3.43. The SMILES string of the molecule is C[C@H]1CN(C(=O)O)c2cc(-c3cccc(NS(C)(=O)=O)c3)ccc2N1C(=O)CC1CCOCC1. The Kier molecular flexibility index (Phi) is 6.81. The highest BCUT2D eigenvalue weighted by molar-refractivity contribution is 7.92. The van der Waals surface area contributed by atoms with Crippen molar-refractivity contribution in [1.29, 1.82) is 0 Å². The summed E-state index contributed by atoms with van der Waals surface area (Å²) in [5.41, 5.74) is 2.85. The maximum absolute atomic E-state index is 13.3. The standard InChI is InChI=1S/C24H29N3O6S/c1-16-15-26(24(29)30)22-14-19(18-4-3-5-20(13-18)25-34(2,31)32)6-7-21(22)27(16)23(28)12-17-8-10-33-11-9-17/h3-7,13-14,16-17,25H,8-12,15H2,1-2H3,(H,29,30)/t16-/m0/s1. The maximum Gasteiger partial charge on any atom is 0.411 e. The van der Waals surface area contributed by atoms with E-state index in [9.17, 15) is 23.1 Å². The molecule has 2 aliphatic rings. The first-order valence-electron chi connectivity index (χ1n) is 11.2. The third kappa shape index (κ3) is 5.34. The molecule has 2 aromatic carbocycles. The molecular formula is C24H29N3O6S. The van der Waals surface area contributed by atoms with Crippen molar-refractivity contribution in [1.82, 2.24) is 0 Å². The zero-order chi connectivity index (χ0) is 24.5. The van der Waals surface area contributed by atoms with E-state index < -0.39 is 16.1 Å². The topological polar surface area (TPSA) is 116 Å². The molecule has 0 radical (unpaired) electrons. The van der Waals surface area contributed by atoms with E-state index >= 15 is 0 Å². The molecule has 0 bridgehead atoms. The maximum atomic E-state index is 13.3. The number of sulfonamides is 1. The van der Waals surface area contributed by atoms with Crippen molar-refractivity contribution < 1.29 is 27.9 Å². The van der Waals surface area contributed by atoms with Crippen LogP contribution in [-0.4, -0.2) is 57.6 Å². The van der Waals surface area contributed by atoms with Crippen LogP contribution >= 0.6 is 0 Å². The van der Waals surface area contributed by atoms with E-state index in [0.29, 0.717) is 42.3 Å². The van der Waals surface area contributed by atoms with Gasteiger partial charge in [0.1, 0.15) is 0 Å². The largest absolute Gasteiger partial charge is 0.465 e. The minimum atomic E-state index is -3.43. The summed E-state index contributed by atoms with van der Waals surface area (Å²) in [6.45, 7) is 3.34. The van der Waals surface area contributed by atoms with Crippen LogP contribution in [0.15, 0.2) is 42.5 Å². The van der Waals surface area contributed by atoms with Gasteiger partial charge in [-0.15, -0.1) is 0 Å². The Bertz CT molecular complexity index is 1190. The van der Waals surface area contributed by atoms with Gasteiger partial charge in [-0.1, -0.05) is 18.2 Å². The Labute approximate surface area is 199 Å². The predicted octanol–water partition coefficient (Wildman–Crippen LogP) is 3.76. The number of benzene rings is 2. The Morgan fingerprint density at radius 1 is 1.09 bits per heavy atom. The molecule has 2 aliphatic heterocycles. The summed E-state index contributed by atoms with van der Waals surface area (Å²) < 4.78 is 31.1. The first-order valence-corrected chi connectivity index (χ1v) is 13.1. The fourth-order valence-corrected chi connectivity index (χ4v) is 5.19. The average Bonchev–Trinajstić information content (AvgIpc) is 2.77. The molecule has 9 nitrogen and oxygen atoms in total. The van der Waals surface area contributed by atoms with Crippen LogP contribution in [0.2, 0.25) is 0 Å². The Hall–Kier alpha value is -3.11. The van der Waals surface area contributed by atoms with Crippen LogP contribution in [0.3, 0.4) is 0 Å². The summed E-state index contributed by atoms with van der Waals surface area (Å²) >= 11 is 0. The number of nitrogens with zero attached hydrogens (tertiary/aromatic N) is 2. The molecule has 4 rings (SSSR count). The number of fused-ring (bicyclic) bond motifs is 1. The Morgan fingerprint density at radius 2 is 1.79 bits per heavy atom. The summed E-state index contributed by atoms with van der Waals surface area (Å²) in [5, 5.41) is 9.85. The van der Waals surface area contributed by atoms with Crippen LogP contribution in [0.4, 0.5) is 21.9 Å². The monoisotopic (exact) mass is 487 g/mol. The zero-order valence-corrected chi connectivity index (χ0v) is 20.0. The molecule has 0 aromatic heterocycles. The van der Waals surface area contributed by atoms with Gasteiger partial charge in [-0.05, 0) is 61.1 Å². The van der Waals surface area contributed by atoms with Crippen LogP contribution in [0.25, 0.3) is 11.1 Å². The van der Waals surface area contributed by atoms with Crippen molar-refractivity contribution in [2.45, 2.75) is 32.2 Å². The predicted molar refractivity (Wildman–Crippen MR) is 131 cm³/mol. The molecule has 182 valence electrons. The van der Waals surface area contributed by atoms with Gasteiger partial charge < -0.3 is 14.7 Å². The van der Waals surface area contributed by atoms with Crippen LogP contribution in [0.1, 0.15) is 26.2 Å². The van der Waals surface area contributed by atoms with E-state index in [0.717, 1.165) is 24.7 Å². The van der Waals surface area contributed by atoms with Crippen LogP contribution in [-0.2, 0) is 19.6 Å². The quantitative estimate of drug-likeness (QED) is 0.663. The summed E-state index contributed by atoms with van der Waals surface area (Å²) in [6, 6.07) is 11.9. The van der Waals surface area contributed by atoms with E-state index in [2.05, 4.69) is 4.72 Å². The number of ether oxygens (including phenoxy) is 1. The second-order valence-electron chi connectivity index (χ2n) is 8.92. The number of rotatable bonds is 5. The molecule has 2 N–H and O–H groups in total. The third-order valence-corrected chi connectivity index (χ3v) is 6.82. The highest BCUT2D eigenvalue weighted by Gasteiger charge is 2.36. The number of anilines is 3. The van der Waals surface area contributed by atoms with Gasteiger partial charge >= 0.3 is 6.09 Å². The van der Waals surface area contributed by atoms with Crippen LogP contribution in [0.5, 0.6) is 0 Å². The summed E-state index contributed by atoms with van der Waals surface area (Å²) in [4.78, 5) is 28.3. The fraction of sp³-hybridized carbons (Fsp3) is 0.417. The van der Waals surface area contributed by atoms with Gasteiger partial charge in [0.15, 0.2) is 0 Å². The van der Waals surface area contributed by atoms with Crippen molar-refractivity contribution >= 4 is 39.1 Å². The van der Waals surface area contributed by atoms with Gasteiger partial charge in [0.2, 0.25) is 15.9 Å². The fourth-order valence-electron chi connectivity index (χ4n) is 4.64. The number of carbonyl (C=O) groups excluding carboxylic acids is 1. The average molecular weight is 488 g/mol. The highest BCUT2D eigenvalue weighted by atomic mass is 32.2. The molecule has 0 spiro atoms. The summed E-state index contributed by atoms with van der Waals surface area (Å²) in [6.07, 6.45) is 2.09. The lowest BCUT2D eigenvalue weighted by atomic mass is 9.94. The molecule has 1 atom stereocenters. The smallest absolute Gasteiger partial charge is 0.411 e. The van der Waals surface area contributed by atoms with Gasteiger partial charge in [-0.2, -0.15) is 0 Å². The zero-order valence-electron chi connectivity index (χ0n) is 19.2. The van der Waals surface area contributed by atoms with Crippen LogP contribution in [0, 0.1) is 5.92 Å². The molecule has 2 heterocycles. The molecule has 34 heavy (non-hydrogen) atoms. The van der Waals surface area contributed by atoms with Crippen molar-refractivity contribution in [3.05, 3.63) is 42.5 Å². The third-order valence-electron chi connectivity index (χ3n) is 6.22. The number of hydrogen-bond donors (Lipinski definition) is 2. The number of amides is 2. The summed E-state index contributed by atoms with van der Waals surface area (Å²) in [5.74, 6) is 0.247. The van der Waals surface area contributed by atoms with Crippen molar-refractivity contribution in [2.75, 3.05) is 40.5 Å². The lowest BCUT2D eigenvalue weighted by Gasteiger charge is -2.41. The highest BCUT2D eigenvalue weighted by Crippen LogP contribution is 2.40. The normalized spacial score (nSPS) is 18.9. The lowest BCUT2D eigenvalue weighted by molar-refractivity contribution is -0.120. The van der Waals surface area contributed by atoms with Gasteiger partial charge in [-0.3, -0.25) is 14.4 Å². The first-order chi connectivity index (χ1) is 16.1. The lowest BCUT2D eigenvalue weighted by Crippen LogP contribution is -2.52. The first kappa shape index (κ1) is 24.0. The molecule has 1 saturated heterocycles. The second-order valence-corrected chi connectivity index (χ2v) is 10.7. The molecule has 2 amide bonds. The van der Waals surface area contributed by atoms with E-state index in [1.165, 1.54) is 4.90 Å². The minimum Gasteiger partial charge on any atom is -0.465 e. The van der Waals surface area contributed by atoms with Gasteiger partial charge in [-0.25, -0.2) is 13.2 Å². The number of carboxylic acid groups (broad SMARTS) is 1. The molecule has 1 fully saturated rings.